The molecule has 84 valence electrons. The SMILES string of the molecule is CC(C)=CCn1nnc(-c2ccc(Br)o2)n1. The normalized spacial score (nSPS) is 10.4. The first kappa shape index (κ1) is 11.1. The largest absolute Gasteiger partial charge is 0.446 e. The third-order valence-corrected chi connectivity index (χ3v) is 2.34. The molecule has 16 heavy (non-hydrogen) atoms. The summed E-state index contributed by atoms with van der Waals surface area (Å²) in [6.45, 7) is 4.68. The van der Waals surface area contributed by atoms with E-state index in [1.807, 2.05) is 19.9 Å². The van der Waals surface area contributed by atoms with Gasteiger partial charge in [0.05, 0.1) is 6.54 Å². The lowest BCUT2D eigenvalue weighted by molar-refractivity contribution is 0.548. The minimum atomic E-state index is 0.493. The van der Waals surface area contributed by atoms with E-state index >= 15 is 0 Å². The highest BCUT2D eigenvalue weighted by molar-refractivity contribution is 9.10. The zero-order chi connectivity index (χ0) is 11.5. The fourth-order valence-electron chi connectivity index (χ4n) is 1.12. The number of hydrogen-bond donors (Lipinski definition) is 0. The maximum atomic E-state index is 5.33. The molecule has 5 nitrogen and oxygen atoms in total. The molecule has 0 atom stereocenters. The van der Waals surface area contributed by atoms with Gasteiger partial charge in [-0.15, -0.1) is 10.2 Å². The van der Waals surface area contributed by atoms with Crippen LogP contribution >= 0.6 is 15.9 Å². The van der Waals surface area contributed by atoms with Crippen molar-refractivity contribution in [3.63, 3.8) is 0 Å². The quantitative estimate of drug-likeness (QED) is 0.812. The number of hydrogen-bond acceptors (Lipinski definition) is 4. The van der Waals surface area contributed by atoms with Crippen LogP contribution in [-0.2, 0) is 6.54 Å². The Bertz CT molecular complexity index is 510. The number of halogens is 1. The molecule has 0 N–H and O–H groups in total. The molecule has 2 heterocycles. The summed E-state index contributed by atoms with van der Waals surface area (Å²) in [5.41, 5.74) is 1.22. The maximum Gasteiger partial charge on any atom is 0.240 e. The number of nitrogens with zero attached hydrogens (tertiary/aromatic N) is 4. The summed E-state index contributed by atoms with van der Waals surface area (Å²) in [4.78, 5) is 1.53. The fourth-order valence-corrected chi connectivity index (χ4v) is 1.42. The number of furan rings is 1. The van der Waals surface area contributed by atoms with E-state index in [2.05, 4.69) is 31.3 Å². The first-order valence-corrected chi connectivity index (χ1v) is 5.61. The first-order valence-electron chi connectivity index (χ1n) is 4.82. The van der Waals surface area contributed by atoms with Gasteiger partial charge in [-0.05, 0) is 47.1 Å². The zero-order valence-electron chi connectivity index (χ0n) is 9.01. The lowest BCUT2D eigenvalue weighted by Crippen LogP contribution is -2.00. The molecule has 0 amide bonds. The minimum absolute atomic E-state index is 0.493. The summed E-state index contributed by atoms with van der Waals surface area (Å²) in [5, 5.41) is 12.0. The van der Waals surface area contributed by atoms with E-state index in [9.17, 15) is 0 Å². The molecule has 0 spiro atoms. The van der Waals surface area contributed by atoms with Crippen LogP contribution in [0.2, 0.25) is 0 Å². The molecule has 0 aliphatic rings. The lowest BCUT2D eigenvalue weighted by atomic mass is 10.3. The average Bonchev–Trinajstić information content (AvgIpc) is 2.83. The van der Waals surface area contributed by atoms with E-state index in [0.717, 1.165) is 0 Å². The molecular formula is C10H11BrN4O. The predicted octanol–water partition coefficient (Wildman–Crippen LogP) is 2.66. The molecule has 0 saturated carbocycles. The van der Waals surface area contributed by atoms with Crippen LogP contribution < -0.4 is 0 Å². The van der Waals surface area contributed by atoms with Crippen LogP contribution in [0.25, 0.3) is 11.6 Å². The van der Waals surface area contributed by atoms with E-state index in [4.69, 9.17) is 4.42 Å². The van der Waals surface area contributed by atoms with Gasteiger partial charge in [-0.25, -0.2) is 0 Å². The van der Waals surface area contributed by atoms with Crippen molar-refractivity contribution < 1.29 is 4.42 Å². The van der Waals surface area contributed by atoms with Gasteiger partial charge in [0.15, 0.2) is 10.4 Å². The van der Waals surface area contributed by atoms with E-state index in [1.165, 1.54) is 10.4 Å². The van der Waals surface area contributed by atoms with Gasteiger partial charge in [0.25, 0.3) is 0 Å². The molecule has 0 saturated heterocycles. The Kier molecular flexibility index (Phi) is 3.19. The highest BCUT2D eigenvalue weighted by atomic mass is 79.9. The van der Waals surface area contributed by atoms with Crippen molar-refractivity contribution in [3.8, 4) is 11.6 Å². The zero-order valence-corrected chi connectivity index (χ0v) is 10.6. The van der Waals surface area contributed by atoms with Gasteiger partial charge in [-0.1, -0.05) is 11.6 Å². The molecular weight excluding hydrogens is 272 g/mol. The Hall–Kier alpha value is -1.43. The van der Waals surface area contributed by atoms with Crippen LogP contribution in [0.1, 0.15) is 13.8 Å². The van der Waals surface area contributed by atoms with Crippen LogP contribution in [0.5, 0.6) is 0 Å². The van der Waals surface area contributed by atoms with Gasteiger partial charge >= 0.3 is 0 Å². The summed E-state index contributed by atoms with van der Waals surface area (Å²) in [6, 6.07) is 3.60. The van der Waals surface area contributed by atoms with E-state index in [1.54, 1.807) is 12.1 Å². The highest BCUT2D eigenvalue weighted by Crippen LogP contribution is 2.21. The summed E-state index contributed by atoms with van der Waals surface area (Å²) in [5.74, 6) is 1.10. The van der Waals surface area contributed by atoms with E-state index in [-0.39, 0.29) is 0 Å². The molecule has 0 aliphatic carbocycles. The van der Waals surface area contributed by atoms with Crippen LogP contribution in [0.4, 0.5) is 0 Å². The van der Waals surface area contributed by atoms with Crippen molar-refractivity contribution in [1.29, 1.82) is 0 Å². The molecule has 2 aromatic heterocycles. The van der Waals surface area contributed by atoms with Gasteiger partial charge in [0.1, 0.15) is 0 Å². The smallest absolute Gasteiger partial charge is 0.240 e. The maximum absolute atomic E-state index is 5.33. The summed E-state index contributed by atoms with van der Waals surface area (Å²) >= 11 is 3.23. The van der Waals surface area contributed by atoms with E-state index < -0.39 is 0 Å². The molecule has 0 unspecified atom stereocenters. The number of rotatable bonds is 3. The standard InChI is InChI=1S/C10H11BrN4O/c1-7(2)5-6-15-13-10(12-14-15)8-3-4-9(11)16-8/h3-5H,6H2,1-2H3. The van der Waals surface area contributed by atoms with Crippen molar-refractivity contribution in [3.05, 3.63) is 28.5 Å². The van der Waals surface area contributed by atoms with Gasteiger partial charge in [0, 0.05) is 0 Å². The molecule has 0 radical (unpaired) electrons. The van der Waals surface area contributed by atoms with Gasteiger partial charge in [0.2, 0.25) is 5.82 Å². The monoisotopic (exact) mass is 282 g/mol. The Balaban J connectivity index is 2.16. The second-order valence-electron chi connectivity index (χ2n) is 3.55. The molecule has 0 aromatic carbocycles. The highest BCUT2D eigenvalue weighted by Gasteiger charge is 2.09. The summed E-state index contributed by atoms with van der Waals surface area (Å²) in [7, 11) is 0. The lowest BCUT2D eigenvalue weighted by Gasteiger charge is -1.91. The summed E-state index contributed by atoms with van der Waals surface area (Å²) in [6.07, 6.45) is 2.03. The minimum Gasteiger partial charge on any atom is -0.446 e. The molecule has 6 heteroatoms. The molecule has 0 bridgehead atoms. The topological polar surface area (TPSA) is 56.7 Å². The molecule has 0 aliphatic heterocycles. The third kappa shape index (κ3) is 2.57. The second-order valence-corrected chi connectivity index (χ2v) is 4.33. The van der Waals surface area contributed by atoms with Crippen molar-refractivity contribution in [1.82, 2.24) is 20.2 Å². The number of allylic oxidation sites excluding steroid dienone is 2. The van der Waals surface area contributed by atoms with Crippen LogP contribution in [0, 0.1) is 0 Å². The first-order chi connectivity index (χ1) is 7.65. The Morgan fingerprint density at radius 3 is 2.94 bits per heavy atom. The molecule has 2 aromatic rings. The van der Waals surface area contributed by atoms with Gasteiger partial charge in [-0.2, -0.15) is 4.80 Å². The number of tetrazole rings is 1. The average molecular weight is 283 g/mol. The Morgan fingerprint density at radius 1 is 1.50 bits per heavy atom. The van der Waals surface area contributed by atoms with Crippen molar-refractivity contribution in [2.45, 2.75) is 20.4 Å². The predicted molar refractivity (Wildman–Crippen MR) is 62.7 cm³/mol. The summed E-state index contributed by atoms with van der Waals surface area (Å²) < 4.78 is 5.99. The van der Waals surface area contributed by atoms with Crippen molar-refractivity contribution in [2.75, 3.05) is 0 Å². The van der Waals surface area contributed by atoms with Crippen LogP contribution in [-0.4, -0.2) is 20.2 Å². The third-order valence-electron chi connectivity index (χ3n) is 1.91. The van der Waals surface area contributed by atoms with Crippen LogP contribution in [0.3, 0.4) is 0 Å². The van der Waals surface area contributed by atoms with Crippen molar-refractivity contribution in [2.24, 2.45) is 0 Å². The van der Waals surface area contributed by atoms with Crippen LogP contribution in [0.15, 0.2) is 32.9 Å². The Morgan fingerprint density at radius 2 is 2.31 bits per heavy atom. The Labute approximate surface area is 101 Å². The van der Waals surface area contributed by atoms with E-state index in [0.29, 0.717) is 22.8 Å². The van der Waals surface area contributed by atoms with Gasteiger partial charge in [-0.3, -0.25) is 0 Å². The van der Waals surface area contributed by atoms with Gasteiger partial charge < -0.3 is 4.42 Å². The number of aromatic nitrogens is 4. The molecule has 2 rings (SSSR count). The van der Waals surface area contributed by atoms with Crippen molar-refractivity contribution >= 4 is 15.9 Å². The fraction of sp³-hybridized carbons (Fsp3) is 0.300. The second kappa shape index (κ2) is 4.61. The molecule has 0 fully saturated rings.